The molecular formula is C21H21N3O6S. The Balaban J connectivity index is 1.43. The third-order valence-electron chi connectivity index (χ3n) is 5.09. The second kappa shape index (κ2) is 8.03. The number of Topliss-reactive ketones (excluding diaryl/α,β-unsaturated/α-hetero) is 1. The molecule has 3 heterocycles. The summed E-state index contributed by atoms with van der Waals surface area (Å²) in [6, 6.07) is 8.13. The van der Waals surface area contributed by atoms with E-state index < -0.39 is 17.5 Å². The second-order valence-corrected chi connectivity index (χ2v) is 8.79. The number of hydrogen-bond acceptors (Lipinski definition) is 7. The van der Waals surface area contributed by atoms with Gasteiger partial charge >= 0.3 is 6.03 Å². The van der Waals surface area contributed by atoms with Crippen LogP contribution in [0.3, 0.4) is 0 Å². The number of thiophene rings is 1. The highest BCUT2D eigenvalue weighted by Crippen LogP contribution is 2.34. The van der Waals surface area contributed by atoms with Gasteiger partial charge in [-0.3, -0.25) is 19.3 Å². The van der Waals surface area contributed by atoms with Crippen LogP contribution in [-0.2, 0) is 22.6 Å². The number of rotatable bonds is 7. The smallest absolute Gasteiger partial charge is 0.325 e. The predicted octanol–water partition coefficient (Wildman–Crippen LogP) is 1.85. The number of urea groups is 1. The van der Waals surface area contributed by atoms with Gasteiger partial charge in [-0.15, -0.1) is 11.3 Å². The molecule has 9 nitrogen and oxygen atoms in total. The van der Waals surface area contributed by atoms with Crippen LogP contribution in [0.4, 0.5) is 4.79 Å². The van der Waals surface area contributed by atoms with Crippen LogP contribution < -0.4 is 20.1 Å². The number of hydrogen-bond donors (Lipinski definition) is 2. The van der Waals surface area contributed by atoms with Gasteiger partial charge in [0.1, 0.15) is 5.54 Å². The summed E-state index contributed by atoms with van der Waals surface area (Å²) in [4.78, 5) is 51.4. The van der Waals surface area contributed by atoms with Gasteiger partial charge in [0.05, 0.1) is 18.0 Å². The number of fused-ring (bicyclic) bond motifs is 1. The van der Waals surface area contributed by atoms with Gasteiger partial charge in [-0.25, -0.2) is 4.79 Å². The molecule has 0 bridgehead atoms. The summed E-state index contributed by atoms with van der Waals surface area (Å²) in [5.74, 6) is 0.269. The van der Waals surface area contributed by atoms with E-state index in [1.807, 2.05) is 6.07 Å². The van der Waals surface area contributed by atoms with E-state index >= 15 is 0 Å². The standard InChI is InChI=1S/C21H21N3O6S/c1-12(25)22-9-14-4-6-18(31-14)15(26)10-24-19(27)21(2,23-20(24)28)8-13-3-5-16-17(7-13)30-11-29-16/h3-7H,8-11H2,1-2H3,(H,22,25)(H,23,28)/t21-/m1/s1. The van der Waals surface area contributed by atoms with Gasteiger partial charge in [0.25, 0.3) is 5.91 Å². The summed E-state index contributed by atoms with van der Waals surface area (Å²) in [5.41, 5.74) is -0.369. The van der Waals surface area contributed by atoms with Gasteiger partial charge in [-0.1, -0.05) is 6.07 Å². The Morgan fingerprint density at radius 2 is 1.97 bits per heavy atom. The van der Waals surface area contributed by atoms with E-state index in [2.05, 4.69) is 10.6 Å². The zero-order valence-electron chi connectivity index (χ0n) is 17.0. The maximum atomic E-state index is 13.0. The number of imide groups is 1. The lowest BCUT2D eigenvalue weighted by Crippen LogP contribution is -2.46. The van der Waals surface area contributed by atoms with Crippen molar-refractivity contribution in [3.63, 3.8) is 0 Å². The molecule has 1 fully saturated rings. The quantitative estimate of drug-likeness (QED) is 0.499. The van der Waals surface area contributed by atoms with E-state index in [1.165, 1.54) is 18.3 Å². The van der Waals surface area contributed by atoms with Crippen LogP contribution in [-0.4, -0.2) is 47.4 Å². The van der Waals surface area contributed by atoms with Gasteiger partial charge < -0.3 is 20.1 Å². The third-order valence-corrected chi connectivity index (χ3v) is 6.22. The Kier molecular flexibility index (Phi) is 5.40. The largest absolute Gasteiger partial charge is 0.454 e. The Hall–Kier alpha value is -3.40. The number of nitrogens with zero attached hydrogens (tertiary/aromatic N) is 1. The molecule has 162 valence electrons. The molecule has 4 rings (SSSR count). The molecule has 2 aliphatic heterocycles. The summed E-state index contributed by atoms with van der Waals surface area (Å²) >= 11 is 1.22. The minimum Gasteiger partial charge on any atom is -0.454 e. The summed E-state index contributed by atoms with van der Waals surface area (Å²) in [5, 5.41) is 5.38. The van der Waals surface area contributed by atoms with Crippen LogP contribution in [0.1, 0.15) is 34.0 Å². The lowest BCUT2D eigenvalue weighted by Gasteiger charge is -2.21. The van der Waals surface area contributed by atoms with Gasteiger partial charge in [0.15, 0.2) is 17.3 Å². The minimum atomic E-state index is -1.17. The Labute approximate surface area is 182 Å². The van der Waals surface area contributed by atoms with Crippen molar-refractivity contribution in [3.8, 4) is 11.5 Å². The van der Waals surface area contributed by atoms with Crippen molar-refractivity contribution in [1.29, 1.82) is 0 Å². The molecule has 0 radical (unpaired) electrons. The molecule has 4 amide bonds. The minimum absolute atomic E-state index is 0.150. The van der Waals surface area contributed by atoms with Gasteiger partial charge in [-0.2, -0.15) is 0 Å². The van der Waals surface area contributed by atoms with Crippen molar-refractivity contribution < 1.29 is 28.7 Å². The lowest BCUT2D eigenvalue weighted by molar-refractivity contribution is -0.130. The number of ketones is 1. The predicted molar refractivity (Wildman–Crippen MR) is 111 cm³/mol. The van der Waals surface area contributed by atoms with Crippen molar-refractivity contribution in [2.24, 2.45) is 0 Å². The van der Waals surface area contributed by atoms with Crippen LogP contribution in [0, 0.1) is 0 Å². The van der Waals surface area contributed by atoms with E-state index in [0.717, 1.165) is 15.3 Å². The van der Waals surface area contributed by atoms with Crippen LogP contribution >= 0.6 is 11.3 Å². The number of ether oxygens (including phenoxy) is 2. The highest BCUT2D eigenvalue weighted by atomic mass is 32.1. The topological polar surface area (TPSA) is 114 Å². The normalized spacial score (nSPS) is 19.5. The molecule has 0 spiro atoms. The second-order valence-electron chi connectivity index (χ2n) is 7.62. The first-order valence-corrected chi connectivity index (χ1v) is 10.5. The van der Waals surface area contributed by atoms with Gasteiger partial charge in [0, 0.05) is 18.2 Å². The van der Waals surface area contributed by atoms with E-state index in [4.69, 9.17) is 9.47 Å². The highest BCUT2D eigenvalue weighted by molar-refractivity contribution is 7.14. The van der Waals surface area contributed by atoms with Crippen molar-refractivity contribution in [1.82, 2.24) is 15.5 Å². The van der Waals surface area contributed by atoms with Crippen molar-refractivity contribution >= 4 is 35.0 Å². The monoisotopic (exact) mass is 443 g/mol. The molecule has 0 saturated carbocycles. The SMILES string of the molecule is CC(=O)NCc1ccc(C(=O)CN2C(=O)N[C@](C)(Cc3ccc4c(c3)OCO4)C2=O)s1. The van der Waals surface area contributed by atoms with E-state index in [9.17, 15) is 19.2 Å². The molecule has 2 aliphatic rings. The first kappa shape index (κ1) is 20.9. The fourth-order valence-electron chi connectivity index (χ4n) is 3.53. The van der Waals surface area contributed by atoms with Crippen LogP contribution in [0.2, 0.25) is 0 Å². The maximum Gasteiger partial charge on any atom is 0.325 e. The molecule has 1 aromatic carbocycles. The number of carbonyl (C=O) groups is 4. The molecule has 0 aliphatic carbocycles. The van der Waals surface area contributed by atoms with Gasteiger partial charge in [-0.05, 0) is 36.8 Å². The number of amides is 4. The molecule has 10 heteroatoms. The summed E-state index contributed by atoms with van der Waals surface area (Å²) in [7, 11) is 0. The van der Waals surface area contributed by atoms with Crippen molar-refractivity contribution in [3.05, 3.63) is 45.6 Å². The molecule has 31 heavy (non-hydrogen) atoms. The van der Waals surface area contributed by atoms with E-state index in [0.29, 0.717) is 22.9 Å². The summed E-state index contributed by atoms with van der Waals surface area (Å²) in [6.07, 6.45) is 0.249. The number of benzene rings is 1. The van der Waals surface area contributed by atoms with Crippen molar-refractivity contribution in [2.45, 2.75) is 32.4 Å². The highest BCUT2D eigenvalue weighted by Gasteiger charge is 2.48. The first-order valence-electron chi connectivity index (χ1n) is 9.64. The van der Waals surface area contributed by atoms with Crippen LogP contribution in [0.25, 0.3) is 0 Å². The van der Waals surface area contributed by atoms with E-state index in [-0.39, 0.29) is 31.4 Å². The third kappa shape index (κ3) is 4.24. The number of nitrogens with one attached hydrogen (secondary N) is 2. The molecule has 1 atom stereocenters. The fourth-order valence-corrected chi connectivity index (χ4v) is 4.40. The molecular weight excluding hydrogens is 422 g/mol. The fraction of sp³-hybridized carbons (Fsp3) is 0.333. The zero-order chi connectivity index (χ0) is 22.2. The lowest BCUT2D eigenvalue weighted by atomic mass is 9.92. The summed E-state index contributed by atoms with van der Waals surface area (Å²) in [6.45, 7) is 3.18. The average Bonchev–Trinajstić information content (AvgIpc) is 3.42. The Morgan fingerprint density at radius 3 is 2.74 bits per heavy atom. The molecule has 0 unspecified atom stereocenters. The Bertz CT molecular complexity index is 1080. The molecule has 2 N–H and O–H groups in total. The molecule has 2 aromatic rings. The van der Waals surface area contributed by atoms with Crippen LogP contribution in [0.15, 0.2) is 30.3 Å². The van der Waals surface area contributed by atoms with Gasteiger partial charge in [0.2, 0.25) is 12.7 Å². The van der Waals surface area contributed by atoms with E-state index in [1.54, 1.807) is 31.2 Å². The van der Waals surface area contributed by atoms with Crippen LogP contribution in [0.5, 0.6) is 11.5 Å². The first-order chi connectivity index (χ1) is 14.7. The zero-order valence-corrected chi connectivity index (χ0v) is 17.8. The average molecular weight is 443 g/mol. The molecule has 1 aromatic heterocycles. The van der Waals surface area contributed by atoms with Crippen molar-refractivity contribution in [2.75, 3.05) is 13.3 Å². The number of carbonyl (C=O) groups excluding carboxylic acids is 4. The summed E-state index contributed by atoms with van der Waals surface area (Å²) < 4.78 is 10.7. The Morgan fingerprint density at radius 1 is 1.19 bits per heavy atom. The molecule has 1 saturated heterocycles. The maximum absolute atomic E-state index is 13.0.